The fourth-order valence-electron chi connectivity index (χ4n) is 5.72. The first kappa shape index (κ1) is 25.5. The minimum absolute atomic E-state index is 0.0320. The molecule has 7 rings (SSSR count). The average Bonchev–Trinajstić information content (AvgIpc) is 3.57. The highest BCUT2D eigenvalue weighted by Gasteiger charge is 2.43. The summed E-state index contributed by atoms with van der Waals surface area (Å²) in [6.07, 6.45) is 4.60. The molecule has 204 valence electrons. The third-order valence-corrected chi connectivity index (χ3v) is 8.43. The van der Waals surface area contributed by atoms with Crippen LogP contribution in [0.3, 0.4) is 0 Å². The van der Waals surface area contributed by atoms with Gasteiger partial charge in [0.2, 0.25) is 5.16 Å². The molecular weight excluding hydrogens is 542 g/mol. The van der Waals surface area contributed by atoms with E-state index >= 15 is 0 Å². The van der Waals surface area contributed by atoms with Crippen molar-refractivity contribution in [2.45, 2.75) is 30.5 Å². The third-order valence-electron chi connectivity index (χ3n) is 7.61. The molecule has 10 heteroatoms. The molecule has 1 fully saturated rings. The fraction of sp³-hybridized carbons (Fsp3) is 0.194. The van der Waals surface area contributed by atoms with Crippen molar-refractivity contribution in [3.05, 3.63) is 101 Å². The smallest absolute Gasteiger partial charge is 0.253 e. The van der Waals surface area contributed by atoms with Gasteiger partial charge in [-0.3, -0.25) is 4.79 Å². The first-order valence-electron chi connectivity index (χ1n) is 13.4. The maximum atomic E-state index is 13.8. The van der Waals surface area contributed by atoms with E-state index in [-0.39, 0.29) is 35.3 Å². The lowest BCUT2D eigenvalue weighted by atomic mass is 9.77. The topological polar surface area (TPSA) is 87.1 Å². The number of H-pyrrole nitrogens is 1. The second kappa shape index (κ2) is 10.5. The zero-order chi connectivity index (χ0) is 27.9. The van der Waals surface area contributed by atoms with Crippen molar-refractivity contribution in [2.24, 2.45) is 11.0 Å². The molecule has 0 bridgehead atoms. The number of rotatable bonds is 5. The molecular formula is C31H24F2N6OS. The molecule has 1 amide bonds. The highest BCUT2D eigenvalue weighted by Crippen LogP contribution is 2.44. The number of aromatic amines is 1. The van der Waals surface area contributed by atoms with Crippen LogP contribution in [-0.2, 0) is 4.79 Å². The Kier molecular flexibility index (Phi) is 6.54. The first-order valence-corrected chi connectivity index (χ1v) is 14.4. The Labute approximate surface area is 238 Å². The second-order valence-electron chi connectivity index (χ2n) is 10.2. The molecule has 1 aliphatic carbocycles. The van der Waals surface area contributed by atoms with Crippen LogP contribution in [0.25, 0.3) is 28.1 Å². The van der Waals surface area contributed by atoms with Gasteiger partial charge in [0, 0.05) is 16.8 Å². The lowest BCUT2D eigenvalue weighted by Gasteiger charge is -2.29. The van der Waals surface area contributed by atoms with Crippen LogP contribution >= 0.6 is 11.8 Å². The number of thioether (sulfide) groups is 1. The third kappa shape index (κ3) is 4.88. The quantitative estimate of drug-likeness (QED) is 0.239. The Morgan fingerprint density at radius 1 is 1.00 bits per heavy atom. The van der Waals surface area contributed by atoms with Gasteiger partial charge in [-0.1, -0.05) is 54.2 Å². The van der Waals surface area contributed by atoms with Gasteiger partial charge in [-0.25, -0.2) is 18.8 Å². The lowest BCUT2D eigenvalue weighted by Crippen LogP contribution is -2.32. The summed E-state index contributed by atoms with van der Waals surface area (Å²) in [6.45, 7) is 0. The number of halogens is 2. The van der Waals surface area contributed by atoms with Gasteiger partial charge in [-0.15, -0.1) is 10.2 Å². The number of hydrazone groups is 1. The molecule has 0 saturated heterocycles. The van der Waals surface area contributed by atoms with Crippen LogP contribution in [-0.4, -0.2) is 42.5 Å². The van der Waals surface area contributed by atoms with E-state index in [1.54, 1.807) is 29.3 Å². The van der Waals surface area contributed by atoms with Gasteiger partial charge in [0.1, 0.15) is 17.2 Å². The molecule has 0 unspecified atom stereocenters. The molecule has 41 heavy (non-hydrogen) atoms. The van der Waals surface area contributed by atoms with Gasteiger partial charge in [0.15, 0.2) is 5.65 Å². The number of aromatic nitrogens is 4. The maximum absolute atomic E-state index is 13.8. The van der Waals surface area contributed by atoms with E-state index in [2.05, 4.69) is 20.2 Å². The molecule has 0 spiro atoms. The Morgan fingerprint density at radius 3 is 2.56 bits per heavy atom. The molecule has 3 heterocycles. The van der Waals surface area contributed by atoms with Crippen LogP contribution in [0.15, 0.2) is 88.6 Å². The van der Waals surface area contributed by atoms with Gasteiger partial charge >= 0.3 is 0 Å². The highest BCUT2D eigenvalue weighted by molar-refractivity contribution is 7.99. The SMILES string of the molecule is O=C(CSc1nnc2c(n1)[nH]c1ccccc12)N1N=C2/C(=C\c3ccc(F)cc3)CCC[C@H]2[C@@H]1c1ccc(F)cc1. The highest BCUT2D eigenvalue weighted by atomic mass is 32.2. The van der Waals surface area contributed by atoms with Crippen molar-refractivity contribution in [3.63, 3.8) is 0 Å². The average molecular weight is 567 g/mol. The van der Waals surface area contributed by atoms with Crippen LogP contribution in [0.5, 0.6) is 0 Å². The molecule has 5 aromatic rings. The van der Waals surface area contributed by atoms with Crippen LogP contribution in [0.1, 0.15) is 36.4 Å². The Hall–Kier alpha value is -4.44. The van der Waals surface area contributed by atoms with Crippen molar-refractivity contribution in [1.82, 2.24) is 25.2 Å². The molecule has 0 radical (unpaired) electrons. The summed E-state index contributed by atoms with van der Waals surface area (Å²) in [5, 5.41) is 16.3. The van der Waals surface area contributed by atoms with Gasteiger partial charge in [-0.2, -0.15) is 5.10 Å². The number of nitrogens with one attached hydrogen (secondary N) is 1. The summed E-state index contributed by atoms with van der Waals surface area (Å²) in [5.74, 6) is -0.798. The summed E-state index contributed by atoms with van der Waals surface area (Å²) in [7, 11) is 0. The number of carbonyl (C=O) groups excluding carboxylic acids is 1. The number of allylic oxidation sites excluding steroid dienone is 1. The largest absolute Gasteiger partial charge is 0.338 e. The molecule has 1 N–H and O–H groups in total. The van der Waals surface area contributed by atoms with Crippen LogP contribution in [0.4, 0.5) is 8.78 Å². The monoisotopic (exact) mass is 566 g/mol. The van der Waals surface area contributed by atoms with E-state index in [4.69, 9.17) is 5.10 Å². The van der Waals surface area contributed by atoms with Crippen molar-refractivity contribution < 1.29 is 13.6 Å². The molecule has 1 aliphatic heterocycles. The molecule has 7 nitrogen and oxygen atoms in total. The van der Waals surface area contributed by atoms with E-state index in [0.29, 0.717) is 16.3 Å². The lowest BCUT2D eigenvalue weighted by molar-refractivity contribution is -0.130. The molecule has 1 saturated carbocycles. The van der Waals surface area contributed by atoms with Gasteiger partial charge < -0.3 is 4.98 Å². The van der Waals surface area contributed by atoms with Crippen LogP contribution in [0.2, 0.25) is 0 Å². The van der Waals surface area contributed by atoms with Crippen LogP contribution < -0.4 is 0 Å². The number of amides is 1. The number of hydrogen-bond donors (Lipinski definition) is 1. The summed E-state index contributed by atoms with van der Waals surface area (Å²) >= 11 is 1.20. The van der Waals surface area contributed by atoms with Gasteiger partial charge in [0.05, 0.1) is 17.5 Å². The number of hydrogen-bond acceptors (Lipinski definition) is 6. The van der Waals surface area contributed by atoms with Crippen molar-refractivity contribution in [3.8, 4) is 0 Å². The number of para-hydroxylation sites is 1. The maximum Gasteiger partial charge on any atom is 0.253 e. The van der Waals surface area contributed by atoms with Gasteiger partial charge in [0.25, 0.3) is 5.91 Å². The zero-order valence-electron chi connectivity index (χ0n) is 21.8. The van der Waals surface area contributed by atoms with Crippen molar-refractivity contribution in [1.29, 1.82) is 0 Å². The summed E-state index contributed by atoms with van der Waals surface area (Å²) < 4.78 is 27.3. The van der Waals surface area contributed by atoms with Crippen molar-refractivity contribution >= 4 is 51.5 Å². The van der Waals surface area contributed by atoms with Gasteiger partial charge in [-0.05, 0) is 72.4 Å². The van der Waals surface area contributed by atoms with E-state index in [9.17, 15) is 13.6 Å². The van der Waals surface area contributed by atoms with Crippen molar-refractivity contribution in [2.75, 3.05) is 5.75 Å². The molecule has 2 aromatic heterocycles. The first-order chi connectivity index (χ1) is 20.0. The Balaban J connectivity index is 1.18. The Bertz CT molecular complexity index is 1830. The Morgan fingerprint density at radius 2 is 1.76 bits per heavy atom. The standard InChI is InChI=1S/C31H24F2N6OS/c32-21-12-8-18(9-13-21)16-20-4-3-6-24-27(20)38-39(29(24)19-10-14-22(33)15-11-19)26(40)17-41-31-35-30-28(36-37-31)23-5-1-2-7-25(23)34-30/h1-2,5,7-16,24,29H,3-4,6,17H2,(H,34,35,37)/b20-16-/t24-,29+/m1/s1. The number of nitrogens with zero attached hydrogens (tertiary/aromatic N) is 5. The van der Waals surface area contributed by atoms with E-state index in [1.807, 2.05) is 30.3 Å². The molecule has 2 aliphatic rings. The number of benzene rings is 3. The minimum Gasteiger partial charge on any atom is -0.338 e. The number of fused-ring (bicyclic) bond motifs is 4. The van der Waals surface area contributed by atoms with E-state index in [1.165, 1.54) is 36.0 Å². The second-order valence-corrected chi connectivity index (χ2v) is 11.1. The van der Waals surface area contributed by atoms with Crippen LogP contribution in [0, 0.1) is 17.6 Å². The normalized spacial score (nSPS) is 19.6. The predicted molar refractivity (Wildman–Crippen MR) is 155 cm³/mol. The minimum atomic E-state index is -0.356. The van der Waals surface area contributed by atoms with E-state index < -0.39 is 0 Å². The van der Waals surface area contributed by atoms with E-state index in [0.717, 1.165) is 52.6 Å². The summed E-state index contributed by atoms with van der Waals surface area (Å²) in [6, 6.07) is 20.0. The fourth-order valence-corrected chi connectivity index (χ4v) is 6.36. The summed E-state index contributed by atoms with van der Waals surface area (Å²) in [5.41, 5.74) is 5.80. The zero-order valence-corrected chi connectivity index (χ0v) is 22.6. The predicted octanol–water partition coefficient (Wildman–Crippen LogP) is 6.70. The molecule has 3 aromatic carbocycles. The summed E-state index contributed by atoms with van der Waals surface area (Å²) in [4.78, 5) is 21.5. The number of carbonyl (C=O) groups is 1. The molecule has 2 atom stereocenters.